The van der Waals surface area contributed by atoms with E-state index in [2.05, 4.69) is 16.0 Å². The SMILES string of the molecule is CCNC(=O)NC(=O)C(C)Nc1cc(Cl)c(F)c(Cl)c1. The molecule has 0 radical (unpaired) electrons. The van der Waals surface area contributed by atoms with Crippen LogP contribution in [0.5, 0.6) is 0 Å². The van der Waals surface area contributed by atoms with Crippen molar-refractivity contribution in [2.75, 3.05) is 11.9 Å². The summed E-state index contributed by atoms with van der Waals surface area (Å²) in [5.74, 6) is -1.26. The Kier molecular flexibility index (Phi) is 6.04. The largest absolute Gasteiger partial charge is 0.374 e. The Morgan fingerprint density at radius 3 is 2.35 bits per heavy atom. The summed E-state index contributed by atoms with van der Waals surface area (Å²) < 4.78 is 13.2. The Morgan fingerprint density at radius 1 is 1.30 bits per heavy atom. The van der Waals surface area contributed by atoms with Crippen molar-refractivity contribution >= 4 is 40.8 Å². The number of anilines is 1. The van der Waals surface area contributed by atoms with Crippen molar-refractivity contribution in [3.05, 3.63) is 28.0 Å². The van der Waals surface area contributed by atoms with Crippen LogP contribution in [0.4, 0.5) is 14.9 Å². The number of amides is 3. The van der Waals surface area contributed by atoms with Crippen LogP contribution in [-0.2, 0) is 4.79 Å². The van der Waals surface area contributed by atoms with Gasteiger partial charge in [0.05, 0.1) is 10.0 Å². The summed E-state index contributed by atoms with van der Waals surface area (Å²) in [5, 5.41) is 7.04. The van der Waals surface area contributed by atoms with Crippen LogP contribution in [0.3, 0.4) is 0 Å². The summed E-state index contributed by atoms with van der Waals surface area (Å²) in [6, 6.07) is 1.30. The first-order valence-electron chi connectivity index (χ1n) is 5.85. The number of carbonyl (C=O) groups is 2. The van der Waals surface area contributed by atoms with Gasteiger partial charge in [-0.1, -0.05) is 23.2 Å². The zero-order valence-electron chi connectivity index (χ0n) is 10.9. The molecule has 0 heterocycles. The van der Waals surface area contributed by atoms with E-state index < -0.39 is 23.8 Å². The molecule has 3 N–H and O–H groups in total. The number of halogens is 3. The topological polar surface area (TPSA) is 70.2 Å². The van der Waals surface area contributed by atoms with Gasteiger partial charge in [-0.2, -0.15) is 0 Å². The number of rotatable bonds is 4. The number of nitrogens with one attached hydrogen (secondary N) is 3. The molecule has 110 valence electrons. The average Bonchev–Trinajstić information content (AvgIpc) is 2.35. The van der Waals surface area contributed by atoms with Crippen LogP contribution in [-0.4, -0.2) is 24.5 Å². The second kappa shape index (κ2) is 7.31. The summed E-state index contributed by atoms with van der Waals surface area (Å²) in [5.41, 5.74) is 0.375. The van der Waals surface area contributed by atoms with Crippen molar-refractivity contribution in [1.82, 2.24) is 10.6 Å². The van der Waals surface area contributed by atoms with Gasteiger partial charge in [-0.3, -0.25) is 10.1 Å². The van der Waals surface area contributed by atoms with Gasteiger partial charge >= 0.3 is 6.03 Å². The first-order chi connectivity index (χ1) is 9.35. The van der Waals surface area contributed by atoms with E-state index in [0.717, 1.165) is 0 Å². The summed E-state index contributed by atoms with van der Waals surface area (Å²) in [6.07, 6.45) is 0. The molecular formula is C12H14Cl2FN3O2. The van der Waals surface area contributed by atoms with E-state index in [0.29, 0.717) is 12.2 Å². The molecule has 0 aliphatic rings. The van der Waals surface area contributed by atoms with Crippen molar-refractivity contribution in [1.29, 1.82) is 0 Å². The smallest absolute Gasteiger partial charge is 0.321 e. The van der Waals surface area contributed by atoms with Gasteiger partial charge in [0.15, 0.2) is 5.82 Å². The maximum Gasteiger partial charge on any atom is 0.321 e. The Balaban J connectivity index is 2.68. The van der Waals surface area contributed by atoms with Gasteiger partial charge in [-0.25, -0.2) is 9.18 Å². The third kappa shape index (κ3) is 4.54. The third-order valence-electron chi connectivity index (χ3n) is 2.33. The predicted octanol–water partition coefficient (Wildman–Crippen LogP) is 2.78. The highest BCUT2D eigenvalue weighted by Gasteiger charge is 2.16. The fourth-order valence-corrected chi connectivity index (χ4v) is 1.87. The van der Waals surface area contributed by atoms with Crippen molar-refractivity contribution in [2.24, 2.45) is 0 Å². The Morgan fingerprint density at radius 2 is 1.85 bits per heavy atom. The second-order valence-electron chi connectivity index (χ2n) is 3.97. The first kappa shape index (κ1) is 16.5. The zero-order valence-corrected chi connectivity index (χ0v) is 12.4. The summed E-state index contributed by atoms with van der Waals surface area (Å²) >= 11 is 11.3. The van der Waals surface area contributed by atoms with E-state index in [-0.39, 0.29) is 10.0 Å². The minimum atomic E-state index is -0.727. The van der Waals surface area contributed by atoms with Gasteiger partial charge in [0.25, 0.3) is 0 Å². The van der Waals surface area contributed by atoms with Gasteiger partial charge in [-0.15, -0.1) is 0 Å². The molecular weight excluding hydrogens is 308 g/mol. The summed E-state index contributed by atoms with van der Waals surface area (Å²) in [4.78, 5) is 22.9. The lowest BCUT2D eigenvalue weighted by Crippen LogP contribution is -2.45. The molecule has 0 aromatic heterocycles. The fraction of sp³-hybridized carbons (Fsp3) is 0.333. The van der Waals surface area contributed by atoms with Crippen LogP contribution in [0.1, 0.15) is 13.8 Å². The first-order valence-corrected chi connectivity index (χ1v) is 6.60. The monoisotopic (exact) mass is 321 g/mol. The van der Waals surface area contributed by atoms with Crippen molar-refractivity contribution in [2.45, 2.75) is 19.9 Å². The molecule has 1 rings (SSSR count). The van der Waals surface area contributed by atoms with E-state index in [1.165, 1.54) is 12.1 Å². The molecule has 0 fully saturated rings. The Hall–Kier alpha value is -1.53. The molecule has 0 aliphatic heterocycles. The molecule has 5 nitrogen and oxygen atoms in total. The molecule has 0 bridgehead atoms. The minimum Gasteiger partial charge on any atom is -0.374 e. The molecule has 0 spiro atoms. The minimum absolute atomic E-state index is 0.156. The molecule has 20 heavy (non-hydrogen) atoms. The highest BCUT2D eigenvalue weighted by Crippen LogP contribution is 2.27. The third-order valence-corrected chi connectivity index (χ3v) is 2.88. The van der Waals surface area contributed by atoms with Gasteiger partial charge in [0, 0.05) is 12.2 Å². The van der Waals surface area contributed by atoms with Crippen molar-refractivity contribution in [3.8, 4) is 0 Å². The van der Waals surface area contributed by atoms with E-state index in [9.17, 15) is 14.0 Å². The molecule has 1 atom stereocenters. The number of imide groups is 1. The van der Waals surface area contributed by atoms with Crippen LogP contribution < -0.4 is 16.0 Å². The van der Waals surface area contributed by atoms with E-state index in [1.54, 1.807) is 13.8 Å². The highest BCUT2D eigenvalue weighted by atomic mass is 35.5. The van der Waals surface area contributed by atoms with Crippen molar-refractivity contribution < 1.29 is 14.0 Å². The lowest BCUT2D eigenvalue weighted by Gasteiger charge is -2.15. The number of hydrogen-bond donors (Lipinski definition) is 3. The number of urea groups is 1. The maximum atomic E-state index is 13.2. The molecule has 0 saturated carbocycles. The van der Waals surface area contributed by atoms with E-state index >= 15 is 0 Å². The quantitative estimate of drug-likeness (QED) is 0.747. The van der Waals surface area contributed by atoms with E-state index in [4.69, 9.17) is 23.2 Å². The molecule has 8 heteroatoms. The normalized spacial score (nSPS) is 11.7. The predicted molar refractivity (Wildman–Crippen MR) is 76.7 cm³/mol. The van der Waals surface area contributed by atoms with Crippen LogP contribution in [0.15, 0.2) is 12.1 Å². The Bertz CT molecular complexity index is 502. The molecule has 1 aromatic rings. The lowest BCUT2D eigenvalue weighted by atomic mass is 10.2. The lowest BCUT2D eigenvalue weighted by molar-refractivity contribution is -0.120. The van der Waals surface area contributed by atoms with Crippen LogP contribution in [0, 0.1) is 5.82 Å². The molecule has 1 aromatic carbocycles. The van der Waals surface area contributed by atoms with Gasteiger partial charge < -0.3 is 10.6 Å². The standard InChI is InChI=1S/C12H14Cl2FN3O2/c1-3-16-12(20)18-11(19)6(2)17-7-4-8(13)10(15)9(14)5-7/h4-6,17H,3H2,1-2H3,(H2,16,18,19,20). The summed E-state index contributed by atoms with van der Waals surface area (Å²) in [7, 11) is 0. The summed E-state index contributed by atoms with van der Waals surface area (Å²) in [6.45, 7) is 3.68. The molecule has 0 aliphatic carbocycles. The fourth-order valence-electron chi connectivity index (χ4n) is 1.38. The van der Waals surface area contributed by atoms with Crippen molar-refractivity contribution in [3.63, 3.8) is 0 Å². The van der Waals surface area contributed by atoms with Gasteiger partial charge in [0.1, 0.15) is 6.04 Å². The van der Waals surface area contributed by atoms with Crippen LogP contribution >= 0.6 is 23.2 Å². The average molecular weight is 322 g/mol. The number of hydrogen-bond acceptors (Lipinski definition) is 3. The van der Waals surface area contributed by atoms with Gasteiger partial charge in [-0.05, 0) is 26.0 Å². The zero-order chi connectivity index (χ0) is 15.3. The number of benzene rings is 1. The van der Waals surface area contributed by atoms with Crippen LogP contribution in [0.25, 0.3) is 0 Å². The Labute approximate surface area is 125 Å². The van der Waals surface area contributed by atoms with Crippen LogP contribution in [0.2, 0.25) is 10.0 Å². The molecule has 3 amide bonds. The maximum absolute atomic E-state index is 13.2. The molecule has 0 saturated heterocycles. The van der Waals surface area contributed by atoms with Gasteiger partial charge in [0.2, 0.25) is 5.91 Å². The van der Waals surface area contributed by atoms with E-state index in [1.807, 2.05) is 0 Å². The highest BCUT2D eigenvalue weighted by molar-refractivity contribution is 6.35. The second-order valence-corrected chi connectivity index (χ2v) is 4.78. The molecule has 1 unspecified atom stereocenters. The number of carbonyl (C=O) groups excluding carboxylic acids is 2.